The van der Waals surface area contributed by atoms with E-state index >= 15 is 0 Å². The Morgan fingerprint density at radius 2 is 1.88 bits per heavy atom. The lowest BCUT2D eigenvalue weighted by atomic mass is 10.2. The number of rotatable bonds is 3. The molecule has 10 heteroatoms. The predicted molar refractivity (Wildman–Crippen MR) is 56.6 cm³/mol. The Kier molecular flexibility index (Phi) is 4.32. The first-order chi connectivity index (χ1) is 7.12. The van der Waals surface area contributed by atoms with Crippen LogP contribution in [-0.4, -0.2) is 44.5 Å². The van der Waals surface area contributed by atoms with Crippen molar-refractivity contribution >= 4 is 15.6 Å². The minimum absolute atomic E-state index is 0.0444. The van der Waals surface area contributed by atoms with Gasteiger partial charge in [0, 0.05) is 25.2 Å². The van der Waals surface area contributed by atoms with Crippen molar-refractivity contribution in [2.75, 3.05) is 13.1 Å². The Labute approximate surface area is 93.4 Å². The third kappa shape index (κ3) is 3.91. The van der Waals surface area contributed by atoms with E-state index < -0.39 is 15.6 Å². The zero-order valence-corrected chi connectivity index (χ0v) is 10.8. The normalized spacial score (nSPS) is 32.3. The van der Waals surface area contributed by atoms with Gasteiger partial charge in [-0.25, -0.2) is 13.8 Å². The highest BCUT2D eigenvalue weighted by atomic mass is 31.3. The summed E-state index contributed by atoms with van der Waals surface area (Å²) < 4.78 is 27.3. The highest BCUT2D eigenvalue weighted by molar-refractivity contribution is 7.62. The molecule has 8 nitrogen and oxygen atoms in total. The maximum atomic E-state index is 11.7. The van der Waals surface area contributed by atoms with Crippen LogP contribution in [-0.2, 0) is 13.4 Å². The summed E-state index contributed by atoms with van der Waals surface area (Å²) in [5, 5.41) is 3.07. The van der Waals surface area contributed by atoms with Crippen LogP contribution >= 0.6 is 15.6 Å². The largest absolute Gasteiger partial charge is 0.477 e. The Bertz CT molecular complexity index is 344. The van der Waals surface area contributed by atoms with Crippen LogP contribution in [0.25, 0.3) is 0 Å². The van der Waals surface area contributed by atoms with E-state index in [-0.39, 0.29) is 18.6 Å². The standard InChI is InChI=1S/C6H16N2O6P2/c1-5-4-8(6(2)3-7-5)15(9,10)14-16(11,12)13/h5-7H,3-4H2,1-2H3,(H,9,10)(H2,11,12,13). The molecule has 0 aromatic carbocycles. The smallest absolute Gasteiger partial charge is 0.312 e. The fourth-order valence-electron chi connectivity index (χ4n) is 1.54. The van der Waals surface area contributed by atoms with Gasteiger partial charge in [-0.05, 0) is 13.8 Å². The SMILES string of the molecule is CC1CN(P(=O)(O)OP(=O)(O)O)C(C)CN1. The van der Waals surface area contributed by atoms with Gasteiger partial charge in [0.1, 0.15) is 0 Å². The van der Waals surface area contributed by atoms with Crippen molar-refractivity contribution in [2.45, 2.75) is 25.9 Å². The zero-order chi connectivity index (χ0) is 12.6. The summed E-state index contributed by atoms with van der Waals surface area (Å²) in [6.45, 7) is 4.12. The minimum Gasteiger partial charge on any atom is -0.312 e. The molecule has 1 aliphatic heterocycles. The average Bonchev–Trinajstić information content (AvgIpc) is 2.04. The average molecular weight is 274 g/mol. The van der Waals surface area contributed by atoms with E-state index in [0.717, 1.165) is 4.67 Å². The van der Waals surface area contributed by atoms with Crippen LogP contribution < -0.4 is 5.32 Å². The van der Waals surface area contributed by atoms with E-state index in [1.165, 1.54) is 0 Å². The van der Waals surface area contributed by atoms with Crippen LogP contribution in [0.4, 0.5) is 0 Å². The Balaban J connectivity index is 2.81. The maximum absolute atomic E-state index is 11.7. The molecule has 1 fully saturated rings. The van der Waals surface area contributed by atoms with Gasteiger partial charge in [-0.15, -0.1) is 0 Å². The second kappa shape index (κ2) is 4.84. The van der Waals surface area contributed by atoms with Gasteiger partial charge in [-0.2, -0.15) is 4.31 Å². The second-order valence-electron chi connectivity index (χ2n) is 3.84. The van der Waals surface area contributed by atoms with Crippen LogP contribution in [0.2, 0.25) is 0 Å². The quantitative estimate of drug-likeness (QED) is 0.526. The highest BCUT2D eigenvalue weighted by Crippen LogP contribution is 2.59. The maximum Gasteiger partial charge on any atom is 0.477 e. The molecule has 0 aromatic heterocycles. The van der Waals surface area contributed by atoms with Crippen LogP contribution in [0.15, 0.2) is 0 Å². The summed E-state index contributed by atoms with van der Waals surface area (Å²) in [7, 11) is -9.43. The monoisotopic (exact) mass is 274 g/mol. The van der Waals surface area contributed by atoms with E-state index in [0.29, 0.717) is 6.54 Å². The molecule has 0 aliphatic carbocycles. The van der Waals surface area contributed by atoms with Gasteiger partial charge >= 0.3 is 15.6 Å². The van der Waals surface area contributed by atoms with Gasteiger partial charge in [-0.1, -0.05) is 0 Å². The molecule has 96 valence electrons. The topological polar surface area (TPSA) is 119 Å². The first-order valence-corrected chi connectivity index (χ1v) is 7.78. The van der Waals surface area contributed by atoms with Crippen molar-refractivity contribution in [3.05, 3.63) is 0 Å². The van der Waals surface area contributed by atoms with E-state index in [1.54, 1.807) is 13.8 Å². The lowest BCUT2D eigenvalue weighted by Gasteiger charge is -2.38. The van der Waals surface area contributed by atoms with Gasteiger partial charge in [0.05, 0.1) is 0 Å². The highest BCUT2D eigenvalue weighted by Gasteiger charge is 2.41. The van der Waals surface area contributed by atoms with Gasteiger partial charge < -0.3 is 20.0 Å². The molecule has 1 rings (SSSR count). The molecular weight excluding hydrogens is 258 g/mol. The molecule has 1 aliphatic rings. The first-order valence-electron chi connectivity index (χ1n) is 4.72. The van der Waals surface area contributed by atoms with E-state index in [9.17, 15) is 14.0 Å². The zero-order valence-electron chi connectivity index (χ0n) is 8.98. The number of nitrogens with one attached hydrogen (secondary N) is 1. The van der Waals surface area contributed by atoms with Crippen LogP contribution in [0.3, 0.4) is 0 Å². The molecule has 0 amide bonds. The van der Waals surface area contributed by atoms with E-state index in [4.69, 9.17) is 9.79 Å². The van der Waals surface area contributed by atoms with Gasteiger partial charge in [0.15, 0.2) is 0 Å². The summed E-state index contributed by atoms with van der Waals surface area (Å²) in [6, 6.07) is -0.379. The molecule has 0 aromatic rings. The van der Waals surface area contributed by atoms with Crippen molar-refractivity contribution in [3.8, 4) is 0 Å². The molecule has 4 N–H and O–H groups in total. The molecule has 1 saturated heterocycles. The molecule has 3 atom stereocenters. The lowest BCUT2D eigenvalue weighted by Crippen LogP contribution is -2.52. The predicted octanol–water partition coefficient (Wildman–Crippen LogP) is -0.122. The third-order valence-electron chi connectivity index (χ3n) is 2.27. The van der Waals surface area contributed by atoms with Gasteiger partial charge in [0.25, 0.3) is 0 Å². The molecule has 16 heavy (non-hydrogen) atoms. The summed E-state index contributed by atoms with van der Waals surface area (Å²) >= 11 is 0. The minimum atomic E-state index is -4.98. The Hall–Kier alpha value is 0.220. The van der Waals surface area contributed by atoms with Crippen LogP contribution in [0.1, 0.15) is 13.8 Å². The van der Waals surface area contributed by atoms with Crippen LogP contribution in [0, 0.1) is 0 Å². The summed E-state index contributed by atoms with van der Waals surface area (Å²) in [5.74, 6) is 0. The fraction of sp³-hybridized carbons (Fsp3) is 1.00. The van der Waals surface area contributed by atoms with Gasteiger partial charge in [-0.3, -0.25) is 0 Å². The molecule has 0 bridgehead atoms. The third-order valence-corrected chi connectivity index (χ3v) is 5.18. The summed E-state index contributed by atoms with van der Waals surface area (Å²) in [6.07, 6.45) is 0. The number of piperazine rings is 1. The molecule has 1 heterocycles. The van der Waals surface area contributed by atoms with Crippen molar-refractivity contribution < 1.29 is 28.1 Å². The number of hydrogen-bond acceptors (Lipinski definition) is 4. The van der Waals surface area contributed by atoms with Crippen molar-refractivity contribution in [2.24, 2.45) is 0 Å². The Morgan fingerprint density at radius 3 is 2.38 bits per heavy atom. The first kappa shape index (κ1) is 14.3. The summed E-state index contributed by atoms with van der Waals surface area (Å²) in [4.78, 5) is 26.6. The van der Waals surface area contributed by atoms with Crippen molar-refractivity contribution in [1.29, 1.82) is 0 Å². The molecule has 0 spiro atoms. The number of nitrogens with zero attached hydrogens (tertiary/aromatic N) is 1. The van der Waals surface area contributed by atoms with Crippen LogP contribution in [0.5, 0.6) is 0 Å². The lowest BCUT2D eigenvalue weighted by molar-refractivity contribution is 0.174. The molecular formula is C6H16N2O6P2. The van der Waals surface area contributed by atoms with Crippen molar-refractivity contribution in [3.63, 3.8) is 0 Å². The second-order valence-corrected chi connectivity index (χ2v) is 6.97. The number of hydrogen-bond donors (Lipinski definition) is 4. The van der Waals surface area contributed by atoms with Crippen molar-refractivity contribution in [1.82, 2.24) is 9.99 Å². The fourth-order valence-corrected chi connectivity index (χ4v) is 4.05. The molecule has 3 unspecified atom stereocenters. The summed E-state index contributed by atoms with van der Waals surface area (Å²) in [5.41, 5.74) is 0. The number of phosphoric acid groups is 1. The molecule has 0 saturated carbocycles. The molecule has 0 radical (unpaired) electrons. The van der Waals surface area contributed by atoms with E-state index in [1.807, 2.05) is 0 Å². The van der Waals surface area contributed by atoms with E-state index in [2.05, 4.69) is 9.63 Å². The van der Waals surface area contributed by atoms with Gasteiger partial charge in [0.2, 0.25) is 0 Å². The Morgan fingerprint density at radius 1 is 1.31 bits per heavy atom.